The molecule has 1 rings (SSSR count). The second kappa shape index (κ2) is 6.92. The monoisotopic (exact) mass is 290 g/mol. The van der Waals surface area contributed by atoms with Gasteiger partial charge in [-0.3, -0.25) is 4.79 Å². The summed E-state index contributed by atoms with van der Waals surface area (Å²) in [6.45, 7) is 4.54. The lowest BCUT2D eigenvalue weighted by Gasteiger charge is -2.28. The first-order valence-electron chi connectivity index (χ1n) is 6.57. The van der Waals surface area contributed by atoms with Crippen LogP contribution < -0.4 is 0 Å². The van der Waals surface area contributed by atoms with Crippen LogP contribution in [0.5, 0.6) is 0 Å². The average molecular weight is 290 g/mol. The third kappa shape index (κ3) is 3.62. The Morgan fingerprint density at radius 3 is 2.43 bits per heavy atom. The van der Waals surface area contributed by atoms with Crippen molar-refractivity contribution in [2.24, 2.45) is 5.92 Å². The van der Waals surface area contributed by atoms with E-state index < -0.39 is 29.0 Å². The van der Waals surface area contributed by atoms with E-state index in [1.807, 2.05) is 0 Å². The third-order valence-electron chi connectivity index (χ3n) is 3.40. The summed E-state index contributed by atoms with van der Waals surface area (Å²) in [4.78, 5) is 26.5. The molecule has 0 aliphatic heterocycles. The molecule has 0 saturated carbocycles. The Morgan fingerprint density at radius 2 is 1.95 bits per heavy atom. The zero-order valence-corrected chi connectivity index (χ0v) is 12.2. The summed E-state index contributed by atoms with van der Waals surface area (Å²) in [5.41, 5.74) is 7.15. The highest BCUT2D eigenvalue weighted by molar-refractivity contribution is 6.62. The molecule has 0 aliphatic carbocycles. The molecule has 1 aromatic carbocycles. The van der Waals surface area contributed by atoms with Gasteiger partial charge in [0.2, 0.25) is 0 Å². The number of nitrogens with zero attached hydrogens (tertiary/aromatic N) is 2. The predicted molar refractivity (Wildman–Crippen MR) is 75.4 cm³/mol. The Hall–Kier alpha value is -2.30. The number of esters is 1. The lowest BCUT2D eigenvalue weighted by molar-refractivity contribution is -0.143. The van der Waals surface area contributed by atoms with Crippen molar-refractivity contribution in [3.63, 3.8) is 0 Å². The number of hydrogen-bond acceptors (Lipinski definition) is 4. The fourth-order valence-electron chi connectivity index (χ4n) is 1.88. The number of hydrogen-bond donors (Lipinski definition) is 1. The fourth-order valence-corrected chi connectivity index (χ4v) is 1.88. The Kier molecular flexibility index (Phi) is 5.52. The van der Waals surface area contributed by atoms with E-state index in [0.29, 0.717) is 5.56 Å². The maximum absolute atomic E-state index is 12.3. The molecule has 0 fully saturated rings. The molecule has 0 aromatic heterocycles. The summed E-state index contributed by atoms with van der Waals surface area (Å²) in [7, 11) is 0. The molecule has 21 heavy (non-hydrogen) atoms. The first kappa shape index (κ1) is 16.8. The van der Waals surface area contributed by atoms with E-state index in [1.165, 1.54) is 13.8 Å². The number of benzene rings is 1. The molecule has 0 aliphatic rings. The molecular weight excluding hydrogens is 272 g/mol. The molecular formula is C15H18N2O4. The van der Waals surface area contributed by atoms with E-state index in [2.05, 4.69) is 9.53 Å². The molecule has 0 amide bonds. The lowest BCUT2D eigenvalue weighted by Crippen LogP contribution is -2.41. The van der Waals surface area contributed by atoms with Gasteiger partial charge in [-0.15, -0.1) is 0 Å². The van der Waals surface area contributed by atoms with Crippen LogP contribution in [0.1, 0.15) is 26.3 Å². The van der Waals surface area contributed by atoms with Crippen molar-refractivity contribution in [2.75, 3.05) is 6.61 Å². The van der Waals surface area contributed by atoms with Crippen LogP contribution in [0.2, 0.25) is 0 Å². The summed E-state index contributed by atoms with van der Waals surface area (Å²) in [5, 5.41) is 10.6. The molecule has 6 nitrogen and oxygen atoms in total. The molecule has 0 radical (unpaired) electrons. The Morgan fingerprint density at radius 1 is 1.38 bits per heavy atom. The summed E-state index contributed by atoms with van der Waals surface area (Å²) < 4.78 is 4.65. The van der Waals surface area contributed by atoms with Gasteiger partial charge in [0.1, 0.15) is 0 Å². The largest absolute Gasteiger partial charge is 0.457 e. The predicted octanol–water partition coefficient (Wildman–Crippen LogP) is 1.33. The van der Waals surface area contributed by atoms with Gasteiger partial charge >= 0.3 is 11.7 Å². The normalized spacial score (nSPS) is 14.5. The summed E-state index contributed by atoms with van der Waals surface area (Å²) in [5.74, 6) is -2.79. The minimum atomic E-state index is -1.51. The number of aliphatic hydroxyl groups is 1. The van der Waals surface area contributed by atoms with Crippen molar-refractivity contribution in [1.29, 1.82) is 0 Å². The molecule has 1 N–H and O–H groups in total. The van der Waals surface area contributed by atoms with E-state index in [-0.39, 0.29) is 6.61 Å². The van der Waals surface area contributed by atoms with E-state index >= 15 is 0 Å². The Balaban J connectivity index is 3.07. The lowest BCUT2D eigenvalue weighted by atomic mass is 9.80. The van der Waals surface area contributed by atoms with Gasteiger partial charge in [0.05, 0.1) is 18.1 Å². The highest BCUT2D eigenvalue weighted by Crippen LogP contribution is 2.29. The van der Waals surface area contributed by atoms with Crippen molar-refractivity contribution in [3.8, 4) is 0 Å². The second-order valence-electron chi connectivity index (χ2n) is 4.77. The van der Waals surface area contributed by atoms with Crippen molar-refractivity contribution in [3.05, 3.63) is 41.4 Å². The van der Waals surface area contributed by atoms with Gasteiger partial charge in [-0.05, 0) is 19.4 Å². The minimum absolute atomic E-state index is 0.0502. The SMILES string of the molecule is CCOC(=O)C(=[N+]=[N-])C(=O)C(C)C(C)(O)c1ccccc1. The van der Waals surface area contributed by atoms with Crippen LogP contribution >= 0.6 is 0 Å². The van der Waals surface area contributed by atoms with Gasteiger partial charge in [0.15, 0.2) is 0 Å². The van der Waals surface area contributed by atoms with Crippen molar-refractivity contribution in [1.82, 2.24) is 0 Å². The summed E-state index contributed by atoms with van der Waals surface area (Å²) >= 11 is 0. The maximum Gasteiger partial charge on any atom is 0.441 e. The average Bonchev–Trinajstić information content (AvgIpc) is 2.48. The molecule has 1 aromatic rings. The molecule has 2 unspecified atom stereocenters. The summed E-state index contributed by atoms with van der Waals surface area (Å²) in [6.07, 6.45) is 0. The van der Waals surface area contributed by atoms with Crippen LogP contribution in [0.15, 0.2) is 30.3 Å². The van der Waals surface area contributed by atoms with Gasteiger partial charge in [-0.1, -0.05) is 37.3 Å². The Labute approximate surface area is 123 Å². The topological polar surface area (TPSA) is 100 Å². The van der Waals surface area contributed by atoms with E-state index in [0.717, 1.165) is 0 Å². The second-order valence-corrected chi connectivity index (χ2v) is 4.77. The highest BCUT2D eigenvalue weighted by Gasteiger charge is 2.43. The first-order chi connectivity index (χ1) is 9.86. The van der Waals surface area contributed by atoms with Crippen LogP contribution in [0, 0.1) is 5.92 Å². The van der Waals surface area contributed by atoms with Gasteiger partial charge < -0.3 is 15.4 Å². The summed E-state index contributed by atoms with van der Waals surface area (Å²) in [6, 6.07) is 8.58. The number of carbonyl (C=O) groups excluding carboxylic acids is 2. The van der Waals surface area contributed by atoms with E-state index in [9.17, 15) is 14.7 Å². The molecule has 0 saturated heterocycles. The van der Waals surface area contributed by atoms with Gasteiger partial charge in [-0.25, -0.2) is 4.79 Å². The van der Waals surface area contributed by atoms with Crippen LogP contribution in [0.4, 0.5) is 0 Å². The fraction of sp³-hybridized carbons (Fsp3) is 0.400. The molecule has 0 bridgehead atoms. The number of ether oxygens (including phenoxy) is 1. The van der Waals surface area contributed by atoms with Crippen molar-refractivity contribution in [2.45, 2.75) is 26.4 Å². The zero-order chi connectivity index (χ0) is 16.0. The first-order valence-corrected chi connectivity index (χ1v) is 6.57. The highest BCUT2D eigenvalue weighted by atomic mass is 16.5. The van der Waals surface area contributed by atoms with Crippen LogP contribution in [0.25, 0.3) is 5.53 Å². The number of carbonyl (C=O) groups is 2. The third-order valence-corrected chi connectivity index (χ3v) is 3.40. The number of ketones is 1. The number of Topliss-reactive ketones (excluding diaryl/α,β-unsaturated/α-hetero) is 1. The van der Waals surface area contributed by atoms with Gasteiger partial charge in [0.25, 0.3) is 5.78 Å². The van der Waals surface area contributed by atoms with Crippen LogP contribution in [-0.2, 0) is 19.9 Å². The Bertz CT molecular complexity index is 575. The van der Waals surface area contributed by atoms with Crippen molar-refractivity contribution >= 4 is 17.5 Å². The van der Waals surface area contributed by atoms with Crippen LogP contribution in [0.3, 0.4) is 0 Å². The zero-order valence-electron chi connectivity index (χ0n) is 12.2. The molecule has 0 spiro atoms. The van der Waals surface area contributed by atoms with Gasteiger partial charge in [-0.2, -0.15) is 4.79 Å². The minimum Gasteiger partial charge on any atom is -0.457 e. The van der Waals surface area contributed by atoms with Gasteiger partial charge in [0, 0.05) is 0 Å². The molecule has 0 heterocycles. The molecule has 6 heteroatoms. The van der Waals surface area contributed by atoms with E-state index in [4.69, 9.17) is 5.53 Å². The standard InChI is InChI=1S/C15H18N2O4/c1-4-21-14(19)12(17-16)13(18)10(2)15(3,20)11-8-6-5-7-9-11/h5-10,20H,4H2,1-3H3. The van der Waals surface area contributed by atoms with E-state index in [1.54, 1.807) is 37.3 Å². The molecule has 2 atom stereocenters. The van der Waals surface area contributed by atoms with Crippen molar-refractivity contribution < 1.29 is 24.2 Å². The van der Waals surface area contributed by atoms with Crippen LogP contribution in [-0.4, -0.2) is 34.0 Å². The maximum atomic E-state index is 12.3. The smallest absolute Gasteiger partial charge is 0.441 e. The number of rotatable bonds is 6. The quantitative estimate of drug-likeness (QED) is 0.281. The molecule has 112 valence electrons.